The van der Waals surface area contributed by atoms with Gasteiger partial charge in [0.25, 0.3) is 0 Å². The summed E-state index contributed by atoms with van der Waals surface area (Å²) >= 11 is 0. The fourth-order valence-corrected chi connectivity index (χ4v) is 2.84. The molecule has 0 saturated carbocycles. The van der Waals surface area contributed by atoms with E-state index in [0.29, 0.717) is 6.54 Å². The molecule has 1 aromatic carbocycles. The summed E-state index contributed by atoms with van der Waals surface area (Å²) in [5.74, 6) is 0.0643. The number of nitrogens with zero attached hydrogens (tertiary/aromatic N) is 2. The minimum Gasteiger partial charge on any atom is -0.497 e. The molecule has 1 aromatic rings. The summed E-state index contributed by atoms with van der Waals surface area (Å²) in [6, 6.07) is 7.84. The van der Waals surface area contributed by atoms with Crippen molar-refractivity contribution >= 4 is 11.7 Å². The topological polar surface area (TPSA) is 53.0 Å². The van der Waals surface area contributed by atoms with Crippen molar-refractivity contribution < 1.29 is 14.6 Å². The summed E-state index contributed by atoms with van der Waals surface area (Å²) in [6.07, 6.45) is 4.04. The van der Waals surface area contributed by atoms with Crippen LogP contribution in [0.2, 0.25) is 0 Å². The molecule has 1 heterocycles. The lowest BCUT2D eigenvalue weighted by molar-refractivity contribution is -0.136. The van der Waals surface area contributed by atoms with Gasteiger partial charge in [-0.15, -0.1) is 0 Å². The van der Waals surface area contributed by atoms with Crippen molar-refractivity contribution in [1.82, 2.24) is 4.90 Å². The van der Waals surface area contributed by atoms with Gasteiger partial charge in [-0.2, -0.15) is 0 Å². The van der Waals surface area contributed by atoms with E-state index in [1.165, 1.54) is 19.3 Å². The molecule has 22 heavy (non-hydrogen) atoms. The van der Waals surface area contributed by atoms with Crippen molar-refractivity contribution in [3.8, 4) is 5.75 Å². The number of ether oxygens (including phenoxy) is 1. The standard InChI is InChI=1S/C17H26N2O3/c1-22-16-7-5-15(6-8-16)19(12-9-17(20)21)14-13-18-10-3-2-4-11-18/h5-8H,2-4,9-14H2,1H3,(H,20,21). The van der Waals surface area contributed by atoms with Gasteiger partial charge in [0, 0.05) is 25.3 Å². The molecule has 0 radical (unpaired) electrons. The number of methoxy groups -OCH3 is 1. The Morgan fingerprint density at radius 3 is 2.45 bits per heavy atom. The third kappa shape index (κ3) is 5.22. The highest BCUT2D eigenvalue weighted by Gasteiger charge is 2.13. The normalized spacial score (nSPS) is 15.5. The Hall–Kier alpha value is -1.75. The van der Waals surface area contributed by atoms with Gasteiger partial charge in [0.2, 0.25) is 0 Å². The van der Waals surface area contributed by atoms with E-state index in [1.54, 1.807) is 7.11 Å². The van der Waals surface area contributed by atoms with E-state index in [1.807, 2.05) is 24.3 Å². The number of hydrogen-bond donors (Lipinski definition) is 1. The number of aliphatic carboxylic acids is 1. The van der Waals surface area contributed by atoms with Gasteiger partial charge in [0.05, 0.1) is 13.5 Å². The van der Waals surface area contributed by atoms with Gasteiger partial charge < -0.3 is 19.6 Å². The van der Waals surface area contributed by atoms with Crippen LogP contribution in [0.3, 0.4) is 0 Å². The second-order valence-corrected chi connectivity index (χ2v) is 5.73. The van der Waals surface area contributed by atoms with Gasteiger partial charge in [-0.25, -0.2) is 0 Å². The summed E-state index contributed by atoms with van der Waals surface area (Å²) in [5, 5.41) is 8.95. The van der Waals surface area contributed by atoms with Gasteiger partial charge in [-0.3, -0.25) is 4.79 Å². The molecule has 0 aliphatic carbocycles. The number of carboxylic acid groups (broad SMARTS) is 1. The lowest BCUT2D eigenvalue weighted by atomic mass is 10.1. The van der Waals surface area contributed by atoms with E-state index in [-0.39, 0.29) is 6.42 Å². The molecule has 0 aromatic heterocycles. The molecule has 2 rings (SSSR count). The molecule has 1 aliphatic heterocycles. The molecular weight excluding hydrogens is 280 g/mol. The molecule has 5 heteroatoms. The lowest BCUT2D eigenvalue weighted by Crippen LogP contribution is -2.38. The first-order valence-electron chi connectivity index (χ1n) is 8.02. The van der Waals surface area contributed by atoms with Crippen LogP contribution in [0.25, 0.3) is 0 Å². The van der Waals surface area contributed by atoms with Crippen LogP contribution in [0.1, 0.15) is 25.7 Å². The Bertz CT molecular complexity index is 455. The highest BCUT2D eigenvalue weighted by atomic mass is 16.5. The first kappa shape index (κ1) is 16.6. The molecule has 0 amide bonds. The van der Waals surface area contributed by atoms with Crippen molar-refractivity contribution in [2.75, 3.05) is 44.7 Å². The van der Waals surface area contributed by atoms with Gasteiger partial charge in [-0.05, 0) is 50.2 Å². The molecule has 0 spiro atoms. The second-order valence-electron chi connectivity index (χ2n) is 5.73. The Balaban J connectivity index is 1.95. The summed E-state index contributed by atoms with van der Waals surface area (Å²) in [6.45, 7) is 4.71. The molecule has 1 fully saturated rings. The monoisotopic (exact) mass is 306 g/mol. The highest BCUT2D eigenvalue weighted by Crippen LogP contribution is 2.20. The largest absolute Gasteiger partial charge is 0.497 e. The summed E-state index contributed by atoms with van der Waals surface area (Å²) < 4.78 is 5.18. The van der Waals surface area contributed by atoms with Crippen LogP contribution < -0.4 is 9.64 Å². The van der Waals surface area contributed by atoms with Crippen LogP contribution in [0, 0.1) is 0 Å². The fraction of sp³-hybridized carbons (Fsp3) is 0.588. The number of rotatable bonds is 8. The molecule has 122 valence electrons. The zero-order valence-electron chi connectivity index (χ0n) is 13.3. The van der Waals surface area contributed by atoms with Crippen molar-refractivity contribution in [1.29, 1.82) is 0 Å². The van der Waals surface area contributed by atoms with E-state index in [2.05, 4.69) is 9.80 Å². The van der Waals surface area contributed by atoms with E-state index >= 15 is 0 Å². The molecule has 0 atom stereocenters. The van der Waals surface area contributed by atoms with Crippen molar-refractivity contribution in [3.05, 3.63) is 24.3 Å². The average Bonchev–Trinajstić information content (AvgIpc) is 2.56. The maximum absolute atomic E-state index is 10.9. The molecule has 5 nitrogen and oxygen atoms in total. The van der Waals surface area contributed by atoms with E-state index < -0.39 is 5.97 Å². The average molecular weight is 306 g/mol. The number of piperidine rings is 1. The number of carboxylic acids is 1. The second kappa shape index (κ2) is 8.63. The zero-order valence-corrected chi connectivity index (χ0v) is 13.3. The first-order chi connectivity index (χ1) is 10.7. The number of anilines is 1. The molecule has 0 bridgehead atoms. The minimum absolute atomic E-state index is 0.159. The molecule has 1 aliphatic rings. The third-order valence-corrected chi connectivity index (χ3v) is 4.17. The number of benzene rings is 1. The smallest absolute Gasteiger partial charge is 0.305 e. The molecular formula is C17H26N2O3. The minimum atomic E-state index is -0.753. The highest BCUT2D eigenvalue weighted by molar-refractivity contribution is 5.67. The fourth-order valence-electron chi connectivity index (χ4n) is 2.84. The van der Waals surface area contributed by atoms with Crippen molar-refractivity contribution in [3.63, 3.8) is 0 Å². The lowest BCUT2D eigenvalue weighted by Gasteiger charge is -2.31. The first-order valence-corrected chi connectivity index (χ1v) is 8.02. The Kier molecular flexibility index (Phi) is 6.52. The quantitative estimate of drug-likeness (QED) is 0.799. The Morgan fingerprint density at radius 2 is 1.86 bits per heavy atom. The van der Waals surface area contributed by atoms with Crippen LogP contribution in [-0.2, 0) is 4.79 Å². The Morgan fingerprint density at radius 1 is 1.18 bits per heavy atom. The third-order valence-electron chi connectivity index (χ3n) is 4.17. The van der Waals surface area contributed by atoms with Crippen molar-refractivity contribution in [2.24, 2.45) is 0 Å². The van der Waals surface area contributed by atoms with E-state index in [0.717, 1.165) is 37.6 Å². The predicted octanol–water partition coefficient (Wildman–Crippen LogP) is 2.46. The Labute approximate surface area is 132 Å². The van der Waals surface area contributed by atoms with Crippen LogP contribution in [0.15, 0.2) is 24.3 Å². The van der Waals surface area contributed by atoms with Crippen LogP contribution in [0.5, 0.6) is 5.75 Å². The van der Waals surface area contributed by atoms with E-state index in [9.17, 15) is 4.79 Å². The van der Waals surface area contributed by atoms with Crippen LogP contribution in [0.4, 0.5) is 5.69 Å². The van der Waals surface area contributed by atoms with Gasteiger partial charge in [0.1, 0.15) is 5.75 Å². The predicted molar refractivity (Wildman–Crippen MR) is 87.8 cm³/mol. The molecule has 1 N–H and O–H groups in total. The van der Waals surface area contributed by atoms with Crippen LogP contribution in [-0.4, -0.2) is 55.8 Å². The maximum atomic E-state index is 10.9. The van der Waals surface area contributed by atoms with Crippen LogP contribution >= 0.6 is 0 Å². The summed E-state index contributed by atoms with van der Waals surface area (Å²) in [5.41, 5.74) is 1.05. The molecule has 1 saturated heterocycles. The molecule has 0 unspecified atom stereocenters. The number of hydrogen-bond acceptors (Lipinski definition) is 4. The number of likely N-dealkylation sites (tertiary alicyclic amines) is 1. The van der Waals surface area contributed by atoms with Crippen molar-refractivity contribution in [2.45, 2.75) is 25.7 Å². The SMILES string of the molecule is COc1ccc(N(CCC(=O)O)CCN2CCCCC2)cc1. The summed E-state index contributed by atoms with van der Waals surface area (Å²) in [7, 11) is 1.65. The van der Waals surface area contributed by atoms with Gasteiger partial charge in [0.15, 0.2) is 0 Å². The maximum Gasteiger partial charge on any atom is 0.305 e. The van der Waals surface area contributed by atoms with E-state index in [4.69, 9.17) is 9.84 Å². The zero-order chi connectivity index (χ0) is 15.8. The summed E-state index contributed by atoms with van der Waals surface area (Å²) in [4.78, 5) is 15.5. The van der Waals surface area contributed by atoms with Gasteiger partial charge >= 0.3 is 5.97 Å². The van der Waals surface area contributed by atoms with Gasteiger partial charge in [-0.1, -0.05) is 6.42 Å². The number of carbonyl (C=O) groups is 1.